The van der Waals surface area contributed by atoms with E-state index >= 15 is 0 Å². The Balaban J connectivity index is 1.84. The number of rotatable bonds is 4. The van der Waals surface area contributed by atoms with Gasteiger partial charge in [0.05, 0.1) is 6.10 Å². The van der Waals surface area contributed by atoms with Gasteiger partial charge in [0, 0.05) is 32.2 Å². The van der Waals surface area contributed by atoms with Crippen LogP contribution in [0.2, 0.25) is 0 Å². The van der Waals surface area contributed by atoms with Crippen molar-refractivity contribution in [2.24, 2.45) is 5.41 Å². The van der Waals surface area contributed by atoms with Crippen LogP contribution >= 0.6 is 0 Å². The molecule has 1 spiro atoms. The molecule has 1 aliphatic carbocycles. The van der Waals surface area contributed by atoms with Crippen LogP contribution in [0, 0.1) is 5.41 Å². The molecule has 2 rings (SSSR count). The van der Waals surface area contributed by atoms with E-state index < -0.39 is 0 Å². The Morgan fingerprint density at radius 3 is 2.88 bits per heavy atom. The third-order valence-electron chi connectivity index (χ3n) is 4.37. The normalized spacial score (nSPS) is 36.0. The summed E-state index contributed by atoms with van der Waals surface area (Å²) in [5.74, 6) is 0. The van der Waals surface area contributed by atoms with Crippen LogP contribution in [0.3, 0.4) is 0 Å². The summed E-state index contributed by atoms with van der Waals surface area (Å²) in [6.07, 6.45) is 7.02. The lowest BCUT2D eigenvalue weighted by Gasteiger charge is -2.42. The lowest BCUT2D eigenvalue weighted by Crippen LogP contribution is -2.47. The van der Waals surface area contributed by atoms with Crippen molar-refractivity contribution in [1.82, 2.24) is 4.90 Å². The highest BCUT2D eigenvalue weighted by Gasteiger charge is 2.44. The number of piperidine rings is 1. The molecule has 94 valence electrons. The predicted molar refractivity (Wildman–Crippen MR) is 64.5 cm³/mol. The SMILES string of the molecule is COCCCN1CCC[C@]2(CCC[C@H]2O)C1. The first-order chi connectivity index (χ1) is 7.77. The fourth-order valence-electron chi connectivity index (χ4n) is 3.48. The number of likely N-dealkylation sites (tertiary alicyclic amines) is 1. The van der Waals surface area contributed by atoms with E-state index in [1.807, 2.05) is 0 Å². The second-order valence-electron chi connectivity index (χ2n) is 5.50. The number of nitrogens with zero attached hydrogens (tertiary/aromatic N) is 1. The molecule has 0 aromatic rings. The maximum atomic E-state index is 10.1. The predicted octanol–water partition coefficient (Wildman–Crippen LogP) is 1.65. The van der Waals surface area contributed by atoms with Crippen LogP contribution in [0.5, 0.6) is 0 Å². The molecule has 0 amide bonds. The Kier molecular flexibility index (Phi) is 4.22. The quantitative estimate of drug-likeness (QED) is 0.741. The van der Waals surface area contributed by atoms with E-state index in [0.29, 0.717) is 0 Å². The second-order valence-corrected chi connectivity index (χ2v) is 5.50. The number of aliphatic hydroxyl groups is 1. The fraction of sp³-hybridized carbons (Fsp3) is 1.00. The molecule has 2 aliphatic rings. The van der Waals surface area contributed by atoms with Crippen molar-refractivity contribution in [1.29, 1.82) is 0 Å². The van der Waals surface area contributed by atoms with Gasteiger partial charge in [0.2, 0.25) is 0 Å². The third kappa shape index (κ3) is 2.58. The average Bonchev–Trinajstić information content (AvgIpc) is 2.61. The van der Waals surface area contributed by atoms with Crippen molar-refractivity contribution in [3.05, 3.63) is 0 Å². The molecule has 2 atom stereocenters. The van der Waals surface area contributed by atoms with Gasteiger partial charge in [-0.1, -0.05) is 6.42 Å². The maximum Gasteiger partial charge on any atom is 0.0608 e. The van der Waals surface area contributed by atoms with Gasteiger partial charge in [0.15, 0.2) is 0 Å². The number of hydrogen-bond acceptors (Lipinski definition) is 3. The average molecular weight is 227 g/mol. The smallest absolute Gasteiger partial charge is 0.0608 e. The van der Waals surface area contributed by atoms with Crippen molar-refractivity contribution in [3.8, 4) is 0 Å². The lowest BCUT2D eigenvalue weighted by atomic mass is 9.76. The maximum absolute atomic E-state index is 10.1. The van der Waals surface area contributed by atoms with Crippen molar-refractivity contribution < 1.29 is 9.84 Å². The monoisotopic (exact) mass is 227 g/mol. The van der Waals surface area contributed by atoms with Crippen molar-refractivity contribution in [2.45, 2.75) is 44.6 Å². The molecular formula is C13H25NO2. The molecule has 1 saturated heterocycles. The summed E-state index contributed by atoms with van der Waals surface area (Å²) in [7, 11) is 1.76. The Hall–Kier alpha value is -0.120. The lowest BCUT2D eigenvalue weighted by molar-refractivity contribution is -0.0111. The van der Waals surface area contributed by atoms with Crippen LogP contribution in [-0.2, 0) is 4.74 Å². The van der Waals surface area contributed by atoms with Crippen molar-refractivity contribution in [3.63, 3.8) is 0 Å². The van der Waals surface area contributed by atoms with E-state index in [2.05, 4.69) is 4.90 Å². The summed E-state index contributed by atoms with van der Waals surface area (Å²) < 4.78 is 5.09. The summed E-state index contributed by atoms with van der Waals surface area (Å²) in [5.41, 5.74) is 0.241. The summed E-state index contributed by atoms with van der Waals surface area (Å²) in [6.45, 7) is 4.30. The zero-order chi connectivity index (χ0) is 11.4. The highest BCUT2D eigenvalue weighted by atomic mass is 16.5. The standard InChI is InChI=1S/C13H25NO2/c1-16-10-4-9-14-8-3-7-13(11-14)6-2-5-12(13)15/h12,15H,2-11H2,1H3/t12-,13-/m1/s1. The van der Waals surface area contributed by atoms with E-state index in [1.165, 1.54) is 32.2 Å². The van der Waals surface area contributed by atoms with Gasteiger partial charge in [-0.3, -0.25) is 0 Å². The molecule has 3 heteroatoms. The van der Waals surface area contributed by atoms with E-state index in [1.54, 1.807) is 7.11 Å². The van der Waals surface area contributed by atoms with Crippen LogP contribution in [0.15, 0.2) is 0 Å². The Labute approximate surface area is 98.8 Å². The first-order valence-electron chi connectivity index (χ1n) is 6.66. The molecule has 0 unspecified atom stereocenters. The molecule has 1 aliphatic heterocycles. The van der Waals surface area contributed by atoms with E-state index in [4.69, 9.17) is 4.74 Å². The minimum Gasteiger partial charge on any atom is -0.393 e. The molecule has 3 nitrogen and oxygen atoms in total. The Bertz CT molecular complexity index is 222. The van der Waals surface area contributed by atoms with Gasteiger partial charge in [-0.2, -0.15) is 0 Å². The van der Waals surface area contributed by atoms with Gasteiger partial charge in [0.25, 0.3) is 0 Å². The third-order valence-corrected chi connectivity index (χ3v) is 4.37. The van der Waals surface area contributed by atoms with Crippen LogP contribution < -0.4 is 0 Å². The highest BCUT2D eigenvalue weighted by Crippen LogP contribution is 2.44. The van der Waals surface area contributed by atoms with Crippen LogP contribution in [0.1, 0.15) is 38.5 Å². The summed E-state index contributed by atoms with van der Waals surface area (Å²) in [4.78, 5) is 2.52. The van der Waals surface area contributed by atoms with Crippen LogP contribution in [-0.4, -0.2) is 49.5 Å². The van der Waals surface area contributed by atoms with Crippen LogP contribution in [0.4, 0.5) is 0 Å². The fourth-order valence-corrected chi connectivity index (χ4v) is 3.48. The highest BCUT2D eigenvalue weighted by molar-refractivity contribution is 4.96. The van der Waals surface area contributed by atoms with Crippen molar-refractivity contribution >= 4 is 0 Å². The molecule has 2 fully saturated rings. The van der Waals surface area contributed by atoms with E-state index in [9.17, 15) is 5.11 Å². The van der Waals surface area contributed by atoms with Gasteiger partial charge >= 0.3 is 0 Å². The second kappa shape index (κ2) is 5.48. The number of methoxy groups -OCH3 is 1. The Morgan fingerprint density at radius 1 is 1.38 bits per heavy atom. The molecule has 0 radical (unpaired) electrons. The molecule has 1 heterocycles. The van der Waals surface area contributed by atoms with E-state index in [0.717, 1.165) is 32.5 Å². The van der Waals surface area contributed by atoms with Gasteiger partial charge in [-0.15, -0.1) is 0 Å². The first-order valence-corrected chi connectivity index (χ1v) is 6.66. The minimum absolute atomic E-state index is 0.0438. The van der Waals surface area contributed by atoms with Gasteiger partial charge in [-0.25, -0.2) is 0 Å². The molecular weight excluding hydrogens is 202 g/mol. The Morgan fingerprint density at radius 2 is 2.19 bits per heavy atom. The van der Waals surface area contributed by atoms with Gasteiger partial charge < -0.3 is 14.7 Å². The summed E-state index contributed by atoms with van der Waals surface area (Å²) in [5, 5.41) is 10.1. The van der Waals surface area contributed by atoms with Gasteiger partial charge in [0.1, 0.15) is 0 Å². The first kappa shape index (κ1) is 12.3. The number of hydrogen-bond donors (Lipinski definition) is 1. The molecule has 0 aromatic carbocycles. The number of aliphatic hydroxyl groups excluding tert-OH is 1. The molecule has 1 saturated carbocycles. The summed E-state index contributed by atoms with van der Waals surface area (Å²) in [6, 6.07) is 0. The van der Waals surface area contributed by atoms with Crippen molar-refractivity contribution in [2.75, 3.05) is 33.4 Å². The minimum atomic E-state index is -0.0438. The molecule has 0 aromatic heterocycles. The molecule has 1 N–H and O–H groups in total. The summed E-state index contributed by atoms with van der Waals surface area (Å²) >= 11 is 0. The largest absolute Gasteiger partial charge is 0.393 e. The van der Waals surface area contributed by atoms with Gasteiger partial charge in [-0.05, 0) is 38.6 Å². The van der Waals surface area contributed by atoms with Crippen LogP contribution in [0.25, 0.3) is 0 Å². The zero-order valence-corrected chi connectivity index (χ0v) is 10.5. The topological polar surface area (TPSA) is 32.7 Å². The zero-order valence-electron chi connectivity index (χ0n) is 10.5. The number of ether oxygens (including phenoxy) is 1. The molecule has 0 bridgehead atoms. The van der Waals surface area contributed by atoms with E-state index in [-0.39, 0.29) is 11.5 Å². The molecule has 16 heavy (non-hydrogen) atoms.